The van der Waals surface area contributed by atoms with E-state index < -0.39 is 5.82 Å². The minimum absolute atomic E-state index is 0.0949. The third kappa shape index (κ3) is 0.721. The Balaban J connectivity index is 2.96. The average molecular weight is 153 g/mol. The lowest BCUT2D eigenvalue weighted by atomic mass is 10.6. The summed E-state index contributed by atoms with van der Waals surface area (Å²) in [5, 5.41) is 6.97. The van der Waals surface area contributed by atoms with Crippen LogP contribution in [0.5, 0.6) is 0 Å². The largest absolute Gasteiger partial charge is 0.369 e. The Labute approximate surface area is 60.7 Å². The van der Waals surface area contributed by atoms with Gasteiger partial charge in [-0.2, -0.15) is 0 Å². The highest BCUT2D eigenvalue weighted by Crippen LogP contribution is 2.06. The van der Waals surface area contributed by atoms with Crippen molar-refractivity contribution in [1.29, 1.82) is 0 Å². The van der Waals surface area contributed by atoms with E-state index in [0.29, 0.717) is 0 Å². The summed E-state index contributed by atoms with van der Waals surface area (Å²) in [5.74, 6) is -0.358. The molecule has 0 atom stereocenters. The number of rotatable bonds is 0. The van der Waals surface area contributed by atoms with Gasteiger partial charge in [-0.1, -0.05) is 0 Å². The molecule has 2 heterocycles. The van der Waals surface area contributed by atoms with Gasteiger partial charge < -0.3 is 5.73 Å². The van der Waals surface area contributed by atoms with Crippen molar-refractivity contribution in [3.63, 3.8) is 0 Å². The number of aromatic nitrogens is 4. The average Bonchev–Trinajstić information content (AvgIpc) is 2.45. The third-order valence-corrected chi connectivity index (χ3v) is 1.32. The smallest absolute Gasteiger partial charge is 0.207 e. The van der Waals surface area contributed by atoms with Crippen LogP contribution < -0.4 is 5.73 Å². The fraction of sp³-hybridized carbons (Fsp3) is 0. The maximum Gasteiger partial charge on any atom is 0.207 e. The second-order valence-electron chi connectivity index (χ2n) is 1.99. The molecule has 0 aliphatic heterocycles. The Morgan fingerprint density at radius 3 is 3.09 bits per heavy atom. The summed E-state index contributed by atoms with van der Waals surface area (Å²) >= 11 is 0. The van der Waals surface area contributed by atoms with Crippen molar-refractivity contribution in [1.82, 2.24) is 19.6 Å². The van der Waals surface area contributed by atoms with E-state index in [9.17, 15) is 4.39 Å². The summed E-state index contributed by atoms with van der Waals surface area (Å²) in [4.78, 5) is 3.56. The first-order valence-corrected chi connectivity index (χ1v) is 2.89. The molecule has 2 N–H and O–H groups in total. The Bertz CT molecular complexity index is 359. The Hall–Kier alpha value is -1.72. The van der Waals surface area contributed by atoms with Crippen LogP contribution in [0.3, 0.4) is 0 Å². The fourth-order valence-corrected chi connectivity index (χ4v) is 0.808. The van der Waals surface area contributed by atoms with Crippen LogP contribution in [0.1, 0.15) is 0 Å². The zero-order chi connectivity index (χ0) is 7.84. The first-order chi connectivity index (χ1) is 5.29. The molecule has 0 radical (unpaired) electrons. The standard InChI is InChI=1S/C5H4FN5/c6-3-1-8-5(7)11-2-9-10-4(3)11/h1-2H,(H2,7,8). The summed E-state index contributed by atoms with van der Waals surface area (Å²) in [5.41, 5.74) is 5.47. The molecular formula is C5H4FN5. The molecule has 2 rings (SSSR count). The molecule has 56 valence electrons. The number of anilines is 1. The maximum absolute atomic E-state index is 12.8. The topological polar surface area (TPSA) is 69.1 Å². The van der Waals surface area contributed by atoms with Crippen molar-refractivity contribution in [3.05, 3.63) is 18.3 Å². The van der Waals surface area contributed by atoms with Crippen molar-refractivity contribution >= 4 is 11.6 Å². The molecule has 5 nitrogen and oxygen atoms in total. The molecule has 0 bridgehead atoms. The summed E-state index contributed by atoms with van der Waals surface area (Å²) in [6.07, 6.45) is 2.32. The van der Waals surface area contributed by atoms with E-state index in [1.54, 1.807) is 0 Å². The maximum atomic E-state index is 12.8. The van der Waals surface area contributed by atoms with E-state index in [2.05, 4.69) is 15.2 Å². The van der Waals surface area contributed by atoms with E-state index in [1.165, 1.54) is 10.7 Å². The van der Waals surface area contributed by atoms with Crippen LogP contribution in [0.25, 0.3) is 5.65 Å². The number of nitrogen functional groups attached to an aromatic ring is 1. The molecule has 0 amide bonds. The zero-order valence-corrected chi connectivity index (χ0v) is 5.40. The summed E-state index contributed by atoms with van der Waals surface area (Å²) in [7, 11) is 0. The van der Waals surface area contributed by atoms with Gasteiger partial charge in [0.25, 0.3) is 0 Å². The highest BCUT2D eigenvalue weighted by Gasteiger charge is 2.04. The molecule has 0 aromatic carbocycles. The molecule has 2 aromatic heterocycles. The lowest BCUT2D eigenvalue weighted by molar-refractivity contribution is 0.622. The number of nitrogens with zero attached hydrogens (tertiary/aromatic N) is 4. The molecule has 0 aliphatic rings. The number of hydrogen-bond donors (Lipinski definition) is 1. The van der Waals surface area contributed by atoms with E-state index in [1.807, 2.05) is 0 Å². The van der Waals surface area contributed by atoms with E-state index >= 15 is 0 Å². The van der Waals surface area contributed by atoms with Crippen LogP contribution in [-0.4, -0.2) is 19.6 Å². The van der Waals surface area contributed by atoms with Crippen molar-refractivity contribution in [3.8, 4) is 0 Å². The van der Waals surface area contributed by atoms with Crippen molar-refractivity contribution in [2.75, 3.05) is 5.73 Å². The molecule has 0 saturated heterocycles. The van der Waals surface area contributed by atoms with Crippen molar-refractivity contribution in [2.45, 2.75) is 0 Å². The molecule has 0 fully saturated rings. The monoisotopic (exact) mass is 153 g/mol. The van der Waals surface area contributed by atoms with Crippen LogP contribution in [0, 0.1) is 5.82 Å². The quantitative estimate of drug-likeness (QED) is 0.571. The summed E-state index contributed by atoms with van der Waals surface area (Å²) in [6, 6.07) is 0. The lowest BCUT2D eigenvalue weighted by Gasteiger charge is -1.95. The van der Waals surface area contributed by atoms with E-state index in [4.69, 9.17) is 5.73 Å². The molecule has 2 aromatic rings. The van der Waals surface area contributed by atoms with Crippen LogP contribution in [0.4, 0.5) is 10.3 Å². The Morgan fingerprint density at radius 2 is 2.36 bits per heavy atom. The van der Waals surface area contributed by atoms with Gasteiger partial charge in [0, 0.05) is 0 Å². The lowest BCUT2D eigenvalue weighted by Crippen LogP contribution is -2.00. The molecule has 11 heavy (non-hydrogen) atoms. The molecule has 6 heteroatoms. The number of fused-ring (bicyclic) bond motifs is 1. The Morgan fingerprint density at radius 1 is 1.55 bits per heavy atom. The van der Waals surface area contributed by atoms with Crippen LogP contribution >= 0.6 is 0 Å². The van der Waals surface area contributed by atoms with Gasteiger partial charge in [-0.15, -0.1) is 10.2 Å². The van der Waals surface area contributed by atoms with Gasteiger partial charge >= 0.3 is 0 Å². The minimum Gasteiger partial charge on any atom is -0.369 e. The van der Waals surface area contributed by atoms with E-state index in [-0.39, 0.29) is 11.6 Å². The van der Waals surface area contributed by atoms with Gasteiger partial charge in [0.15, 0.2) is 5.82 Å². The molecule has 0 saturated carbocycles. The molecule has 0 unspecified atom stereocenters. The second-order valence-corrected chi connectivity index (χ2v) is 1.99. The van der Waals surface area contributed by atoms with Crippen LogP contribution in [-0.2, 0) is 0 Å². The summed E-state index contributed by atoms with van der Waals surface area (Å²) < 4.78 is 14.0. The van der Waals surface area contributed by atoms with Gasteiger partial charge in [-0.25, -0.2) is 13.8 Å². The minimum atomic E-state index is -0.531. The van der Waals surface area contributed by atoms with Crippen molar-refractivity contribution in [2.24, 2.45) is 0 Å². The number of halogens is 1. The van der Waals surface area contributed by atoms with Crippen molar-refractivity contribution < 1.29 is 4.39 Å². The molecule has 0 spiro atoms. The normalized spacial score (nSPS) is 10.6. The van der Waals surface area contributed by atoms with Gasteiger partial charge in [0.1, 0.15) is 6.33 Å². The van der Waals surface area contributed by atoms with Crippen LogP contribution in [0.2, 0.25) is 0 Å². The van der Waals surface area contributed by atoms with E-state index in [0.717, 1.165) is 6.20 Å². The third-order valence-electron chi connectivity index (χ3n) is 1.32. The first-order valence-electron chi connectivity index (χ1n) is 2.89. The summed E-state index contributed by atoms with van der Waals surface area (Å²) in [6.45, 7) is 0. The fourth-order valence-electron chi connectivity index (χ4n) is 0.808. The van der Waals surface area contributed by atoms with Gasteiger partial charge in [-0.05, 0) is 0 Å². The number of nitrogens with two attached hydrogens (primary N) is 1. The van der Waals surface area contributed by atoms with Gasteiger partial charge in [0.2, 0.25) is 11.6 Å². The highest BCUT2D eigenvalue weighted by atomic mass is 19.1. The second kappa shape index (κ2) is 1.88. The predicted molar refractivity (Wildman–Crippen MR) is 35.2 cm³/mol. The highest BCUT2D eigenvalue weighted by molar-refractivity contribution is 5.42. The number of hydrogen-bond acceptors (Lipinski definition) is 4. The van der Waals surface area contributed by atoms with Crippen LogP contribution in [0.15, 0.2) is 12.5 Å². The van der Waals surface area contributed by atoms with Gasteiger partial charge in [-0.3, -0.25) is 0 Å². The zero-order valence-electron chi connectivity index (χ0n) is 5.40. The SMILES string of the molecule is Nc1ncc(F)c2nncn12. The molecular weight excluding hydrogens is 149 g/mol. The molecule has 0 aliphatic carbocycles. The first kappa shape index (κ1) is 6.02. The Kier molecular flexibility index (Phi) is 1.03. The predicted octanol–water partition coefficient (Wildman–Crippen LogP) is -0.154. The van der Waals surface area contributed by atoms with Gasteiger partial charge in [0.05, 0.1) is 6.20 Å².